The Balaban J connectivity index is 1.95. The van der Waals surface area contributed by atoms with Crippen molar-refractivity contribution in [3.05, 3.63) is 29.8 Å². The molecule has 5 heteroatoms. The zero-order valence-corrected chi connectivity index (χ0v) is 13.6. The molecule has 1 N–H and O–H groups in total. The first-order valence-electron chi connectivity index (χ1n) is 7.87. The van der Waals surface area contributed by atoms with Crippen molar-refractivity contribution >= 4 is 17.6 Å². The smallest absolute Gasteiger partial charge is 0.319 e. The number of piperidine rings is 1. The fourth-order valence-electron chi connectivity index (χ4n) is 2.72. The van der Waals surface area contributed by atoms with Gasteiger partial charge >= 0.3 is 6.03 Å². The maximum Gasteiger partial charge on any atom is 0.319 e. The van der Waals surface area contributed by atoms with E-state index in [1.807, 2.05) is 24.3 Å². The van der Waals surface area contributed by atoms with Crippen LogP contribution in [0.1, 0.15) is 25.3 Å². The first-order valence-corrected chi connectivity index (χ1v) is 7.87. The van der Waals surface area contributed by atoms with Crippen LogP contribution in [-0.2, 0) is 11.2 Å². The van der Waals surface area contributed by atoms with Gasteiger partial charge in [0.2, 0.25) is 5.91 Å². The van der Waals surface area contributed by atoms with Gasteiger partial charge in [-0.25, -0.2) is 4.79 Å². The third-order valence-corrected chi connectivity index (χ3v) is 4.07. The predicted octanol–water partition coefficient (Wildman–Crippen LogP) is 2.58. The van der Waals surface area contributed by atoms with E-state index in [-0.39, 0.29) is 17.9 Å². The maximum atomic E-state index is 12.4. The van der Waals surface area contributed by atoms with Gasteiger partial charge in [-0.05, 0) is 37.0 Å². The summed E-state index contributed by atoms with van der Waals surface area (Å²) in [7, 11) is 3.47. The Labute approximate surface area is 132 Å². The number of benzene rings is 1. The molecule has 0 aromatic heterocycles. The molecule has 0 saturated carbocycles. The second-order valence-corrected chi connectivity index (χ2v) is 6.00. The lowest BCUT2D eigenvalue weighted by Crippen LogP contribution is -2.47. The molecule has 120 valence electrons. The van der Waals surface area contributed by atoms with Crippen molar-refractivity contribution in [1.82, 2.24) is 9.80 Å². The second kappa shape index (κ2) is 7.29. The Morgan fingerprint density at radius 3 is 2.55 bits per heavy atom. The molecule has 0 spiro atoms. The average molecular weight is 303 g/mol. The second-order valence-electron chi connectivity index (χ2n) is 6.00. The molecule has 1 aromatic rings. The molecule has 1 aliphatic heterocycles. The van der Waals surface area contributed by atoms with Gasteiger partial charge in [-0.3, -0.25) is 4.79 Å². The number of nitrogens with zero attached hydrogens (tertiary/aromatic N) is 2. The van der Waals surface area contributed by atoms with E-state index in [1.54, 1.807) is 23.9 Å². The summed E-state index contributed by atoms with van der Waals surface area (Å²) in [6, 6.07) is 7.89. The number of likely N-dealkylation sites (tertiary alicyclic amines) is 1. The van der Waals surface area contributed by atoms with Crippen molar-refractivity contribution in [3.8, 4) is 0 Å². The monoisotopic (exact) mass is 303 g/mol. The van der Waals surface area contributed by atoms with Gasteiger partial charge in [-0.15, -0.1) is 0 Å². The van der Waals surface area contributed by atoms with Crippen molar-refractivity contribution < 1.29 is 9.59 Å². The number of carbonyl (C=O) groups excluding carboxylic acids is 2. The molecule has 22 heavy (non-hydrogen) atoms. The quantitative estimate of drug-likeness (QED) is 0.933. The summed E-state index contributed by atoms with van der Waals surface area (Å²) in [6.07, 6.45) is 2.68. The molecule has 1 fully saturated rings. The number of hydrogen-bond donors (Lipinski definition) is 1. The highest BCUT2D eigenvalue weighted by atomic mass is 16.2. The minimum atomic E-state index is -0.136. The van der Waals surface area contributed by atoms with E-state index >= 15 is 0 Å². The zero-order valence-electron chi connectivity index (χ0n) is 13.6. The van der Waals surface area contributed by atoms with Crippen LogP contribution in [0.4, 0.5) is 10.5 Å². The third-order valence-electron chi connectivity index (χ3n) is 4.07. The molecule has 1 saturated heterocycles. The molecule has 0 aliphatic carbocycles. The average Bonchev–Trinajstić information content (AvgIpc) is 2.54. The molecule has 2 rings (SSSR count). The number of rotatable bonds is 3. The van der Waals surface area contributed by atoms with E-state index < -0.39 is 0 Å². The van der Waals surface area contributed by atoms with Gasteiger partial charge in [-0.2, -0.15) is 0 Å². The zero-order chi connectivity index (χ0) is 16.1. The molecule has 1 heterocycles. The molecule has 3 amide bonds. The molecule has 0 unspecified atom stereocenters. The molecule has 1 aliphatic rings. The summed E-state index contributed by atoms with van der Waals surface area (Å²) in [4.78, 5) is 27.7. The lowest BCUT2D eigenvalue weighted by Gasteiger charge is -2.33. The van der Waals surface area contributed by atoms with Gasteiger partial charge < -0.3 is 15.1 Å². The minimum Gasteiger partial charge on any atom is -0.331 e. The van der Waals surface area contributed by atoms with E-state index in [1.165, 1.54) is 5.56 Å². The summed E-state index contributed by atoms with van der Waals surface area (Å²) in [5.74, 6) is -0.135. The molecular weight excluding hydrogens is 278 g/mol. The van der Waals surface area contributed by atoms with Gasteiger partial charge in [0.15, 0.2) is 0 Å². The fourth-order valence-corrected chi connectivity index (χ4v) is 2.72. The summed E-state index contributed by atoms with van der Waals surface area (Å²) in [5.41, 5.74) is 2.07. The van der Waals surface area contributed by atoms with Crippen molar-refractivity contribution in [2.45, 2.75) is 26.2 Å². The third kappa shape index (κ3) is 4.00. The van der Waals surface area contributed by atoms with Crippen LogP contribution in [0.15, 0.2) is 24.3 Å². The molecule has 0 bridgehead atoms. The van der Waals surface area contributed by atoms with E-state index in [0.717, 1.165) is 31.5 Å². The van der Waals surface area contributed by atoms with Crippen LogP contribution in [0.3, 0.4) is 0 Å². The lowest BCUT2D eigenvalue weighted by molar-refractivity contribution is -0.121. The van der Waals surface area contributed by atoms with Crippen molar-refractivity contribution in [2.75, 3.05) is 32.5 Å². The van der Waals surface area contributed by atoms with Gasteiger partial charge in [0.05, 0.1) is 5.92 Å². The SMILES string of the molecule is CCc1ccc(NC(=O)[C@H]2CCCN(C(=O)N(C)C)C2)cc1. The van der Waals surface area contributed by atoms with Crippen LogP contribution in [-0.4, -0.2) is 48.9 Å². The maximum absolute atomic E-state index is 12.4. The van der Waals surface area contributed by atoms with Crippen LogP contribution in [0.5, 0.6) is 0 Å². The highest BCUT2D eigenvalue weighted by Crippen LogP contribution is 2.20. The minimum absolute atomic E-state index is 0.000467. The number of nitrogens with one attached hydrogen (secondary N) is 1. The molecule has 0 radical (unpaired) electrons. The highest BCUT2D eigenvalue weighted by molar-refractivity contribution is 5.93. The van der Waals surface area contributed by atoms with E-state index in [9.17, 15) is 9.59 Å². The Hall–Kier alpha value is -2.04. The Morgan fingerprint density at radius 1 is 1.27 bits per heavy atom. The standard InChI is InChI=1S/C17H25N3O2/c1-4-13-7-9-15(10-8-13)18-16(21)14-6-5-11-20(12-14)17(22)19(2)3/h7-10,14H,4-6,11-12H2,1-3H3,(H,18,21)/t14-/m0/s1. The normalized spacial score (nSPS) is 18.0. The number of amides is 3. The number of anilines is 1. The van der Waals surface area contributed by atoms with Crippen LogP contribution >= 0.6 is 0 Å². The predicted molar refractivity (Wildman–Crippen MR) is 87.8 cm³/mol. The van der Waals surface area contributed by atoms with Crippen LogP contribution < -0.4 is 5.32 Å². The van der Waals surface area contributed by atoms with Gasteiger partial charge in [0.25, 0.3) is 0 Å². The number of carbonyl (C=O) groups is 2. The van der Waals surface area contributed by atoms with Gasteiger partial charge in [-0.1, -0.05) is 19.1 Å². The van der Waals surface area contributed by atoms with Crippen LogP contribution in [0.2, 0.25) is 0 Å². The Kier molecular flexibility index (Phi) is 5.41. The molecule has 1 atom stereocenters. The molecule has 1 aromatic carbocycles. The van der Waals surface area contributed by atoms with Crippen molar-refractivity contribution in [2.24, 2.45) is 5.92 Å². The Bertz CT molecular complexity index is 525. The summed E-state index contributed by atoms with van der Waals surface area (Å²) in [5, 5.41) is 2.96. The van der Waals surface area contributed by atoms with Crippen LogP contribution in [0, 0.1) is 5.92 Å². The summed E-state index contributed by atoms with van der Waals surface area (Å²) >= 11 is 0. The highest BCUT2D eigenvalue weighted by Gasteiger charge is 2.29. The van der Waals surface area contributed by atoms with Gasteiger partial charge in [0, 0.05) is 32.9 Å². The van der Waals surface area contributed by atoms with Crippen molar-refractivity contribution in [1.29, 1.82) is 0 Å². The van der Waals surface area contributed by atoms with Crippen molar-refractivity contribution in [3.63, 3.8) is 0 Å². The summed E-state index contributed by atoms with van der Waals surface area (Å²) in [6.45, 7) is 3.33. The first-order chi connectivity index (χ1) is 10.5. The molecular formula is C17H25N3O2. The first kappa shape index (κ1) is 16.3. The van der Waals surface area contributed by atoms with E-state index in [0.29, 0.717) is 6.54 Å². The number of urea groups is 1. The largest absolute Gasteiger partial charge is 0.331 e. The number of aryl methyl sites for hydroxylation is 1. The van der Waals surface area contributed by atoms with E-state index in [4.69, 9.17) is 0 Å². The lowest BCUT2D eigenvalue weighted by atomic mass is 9.97. The van der Waals surface area contributed by atoms with E-state index in [2.05, 4.69) is 12.2 Å². The number of hydrogen-bond acceptors (Lipinski definition) is 2. The molecule has 5 nitrogen and oxygen atoms in total. The fraction of sp³-hybridized carbons (Fsp3) is 0.529. The van der Waals surface area contributed by atoms with Gasteiger partial charge in [0.1, 0.15) is 0 Å². The topological polar surface area (TPSA) is 52.7 Å². The van der Waals surface area contributed by atoms with Crippen LogP contribution in [0.25, 0.3) is 0 Å². The Morgan fingerprint density at radius 2 is 1.95 bits per heavy atom. The summed E-state index contributed by atoms with van der Waals surface area (Å²) < 4.78 is 0.